The van der Waals surface area contributed by atoms with Gasteiger partial charge in [0.25, 0.3) is 0 Å². The summed E-state index contributed by atoms with van der Waals surface area (Å²) in [6.07, 6.45) is 1.62. The van der Waals surface area contributed by atoms with Crippen LogP contribution in [0.3, 0.4) is 0 Å². The molecule has 0 radical (unpaired) electrons. The number of nitrogens with zero attached hydrogens (tertiary/aromatic N) is 5. The second-order valence-electron chi connectivity index (χ2n) is 13.1. The van der Waals surface area contributed by atoms with Crippen molar-refractivity contribution < 1.29 is 4.74 Å². The van der Waals surface area contributed by atoms with E-state index in [2.05, 4.69) is 145 Å². The Hall–Kier alpha value is -6.44. The maximum absolute atomic E-state index is 6.08. The molecule has 0 saturated carbocycles. The van der Waals surface area contributed by atoms with Crippen LogP contribution < -0.4 is 0 Å². The third-order valence-electron chi connectivity index (χ3n) is 9.83. The molecule has 2 heterocycles. The molecule has 0 aliphatic carbocycles. The summed E-state index contributed by atoms with van der Waals surface area (Å²) in [5, 5.41) is 22.6. The molecular weight excluding hydrogens is 653 g/mol. The molecule has 6 aromatic carbocycles. The molecule has 8 aromatic rings. The SMILES string of the molecule is CCc1n[nH]c(COCc2ccccc2)c1Cc1ccc(-c2ccccc2-c2nnn(C(c3ccccc3)(c3ccccc3)c3ccccc3)n2)cc1. The van der Waals surface area contributed by atoms with Crippen molar-refractivity contribution in [2.75, 3.05) is 0 Å². The lowest BCUT2D eigenvalue weighted by atomic mass is 9.77. The Labute approximate surface area is 310 Å². The minimum atomic E-state index is -0.846. The summed E-state index contributed by atoms with van der Waals surface area (Å²) in [4.78, 5) is 1.78. The lowest BCUT2D eigenvalue weighted by Gasteiger charge is -2.34. The largest absolute Gasteiger partial charge is 0.370 e. The van der Waals surface area contributed by atoms with E-state index in [0.717, 1.165) is 63.2 Å². The summed E-state index contributed by atoms with van der Waals surface area (Å²) in [7, 11) is 0. The molecule has 0 aliphatic heterocycles. The minimum Gasteiger partial charge on any atom is -0.370 e. The van der Waals surface area contributed by atoms with E-state index in [0.29, 0.717) is 19.0 Å². The number of nitrogens with one attached hydrogen (secondary N) is 1. The molecule has 2 aromatic heterocycles. The van der Waals surface area contributed by atoms with Crippen LogP contribution in [0, 0.1) is 0 Å². The molecule has 53 heavy (non-hydrogen) atoms. The number of tetrazole rings is 1. The molecule has 0 fully saturated rings. The smallest absolute Gasteiger partial charge is 0.205 e. The first-order valence-electron chi connectivity index (χ1n) is 18.1. The Balaban J connectivity index is 1.10. The fourth-order valence-electron chi connectivity index (χ4n) is 7.19. The van der Waals surface area contributed by atoms with Crippen LogP contribution in [-0.2, 0) is 36.3 Å². The number of rotatable bonds is 13. The zero-order chi connectivity index (χ0) is 35.9. The molecule has 0 atom stereocenters. The fourth-order valence-corrected chi connectivity index (χ4v) is 7.19. The van der Waals surface area contributed by atoms with Crippen molar-refractivity contribution in [1.82, 2.24) is 30.4 Å². The number of aryl methyl sites for hydroxylation is 1. The second kappa shape index (κ2) is 15.4. The van der Waals surface area contributed by atoms with Gasteiger partial charge in [0.2, 0.25) is 5.82 Å². The van der Waals surface area contributed by atoms with Gasteiger partial charge in [-0.3, -0.25) is 5.10 Å². The molecule has 0 spiro atoms. The highest BCUT2D eigenvalue weighted by molar-refractivity contribution is 5.80. The molecule has 7 heteroatoms. The van der Waals surface area contributed by atoms with E-state index in [1.165, 1.54) is 11.1 Å². The number of ether oxygens (including phenoxy) is 1. The molecule has 0 bridgehead atoms. The van der Waals surface area contributed by atoms with Gasteiger partial charge < -0.3 is 4.74 Å². The van der Waals surface area contributed by atoms with Crippen molar-refractivity contribution in [3.63, 3.8) is 0 Å². The van der Waals surface area contributed by atoms with Gasteiger partial charge >= 0.3 is 0 Å². The summed E-state index contributed by atoms with van der Waals surface area (Å²) >= 11 is 0. The Kier molecular flexibility index (Phi) is 9.81. The summed E-state index contributed by atoms with van der Waals surface area (Å²) in [5.74, 6) is 0.558. The fraction of sp³-hybridized carbons (Fsp3) is 0.130. The monoisotopic (exact) mass is 692 g/mol. The quantitative estimate of drug-likeness (QED) is 0.122. The van der Waals surface area contributed by atoms with Crippen LogP contribution in [0.5, 0.6) is 0 Å². The van der Waals surface area contributed by atoms with Crippen molar-refractivity contribution in [2.45, 2.75) is 38.5 Å². The molecule has 0 aliphatic rings. The van der Waals surface area contributed by atoms with Gasteiger partial charge in [0.05, 0.1) is 24.6 Å². The number of benzene rings is 6. The normalized spacial score (nSPS) is 11.5. The molecule has 0 unspecified atom stereocenters. The lowest BCUT2D eigenvalue weighted by molar-refractivity contribution is 0.104. The molecule has 8 rings (SSSR count). The average Bonchev–Trinajstić information content (AvgIpc) is 3.88. The summed E-state index contributed by atoms with van der Waals surface area (Å²) in [5.41, 5.74) is 11.0. The Bertz CT molecular complexity index is 2270. The summed E-state index contributed by atoms with van der Waals surface area (Å²) in [6.45, 7) is 3.18. The van der Waals surface area contributed by atoms with Crippen molar-refractivity contribution >= 4 is 0 Å². The van der Waals surface area contributed by atoms with Gasteiger partial charge in [0.1, 0.15) is 0 Å². The zero-order valence-corrected chi connectivity index (χ0v) is 29.6. The number of H-pyrrole nitrogens is 1. The number of hydrogen-bond donors (Lipinski definition) is 1. The molecule has 0 amide bonds. The van der Waals surface area contributed by atoms with Crippen LogP contribution in [0.15, 0.2) is 170 Å². The van der Waals surface area contributed by atoms with Crippen molar-refractivity contribution in [3.8, 4) is 22.5 Å². The van der Waals surface area contributed by atoms with Gasteiger partial charge in [0.15, 0.2) is 5.54 Å². The predicted octanol–water partition coefficient (Wildman–Crippen LogP) is 9.44. The maximum atomic E-state index is 6.08. The number of hydrogen-bond acceptors (Lipinski definition) is 5. The van der Waals surface area contributed by atoms with Crippen molar-refractivity contribution in [2.24, 2.45) is 0 Å². The van der Waals surface area contributed by atoms with Gasteiger partial charge in [-0.2, -0.15) is 5.10 Å². The topological polar surface area (TPSA) is 81.5 Å². The summed E-state index contributed by atoms with van der Waals surface area (Å²) < 4.78 is 6.08. The number of aromatic nitrogens is 6. The van der Waals surface area contributed by atoms with Crippen molar-refractivity contribution in [1.29, 1.82) is 0 Å². The van der Waals surface area contributed by atoms with Crippen LogP contribution in [-0.4, -0.2) is 30.4 Å². The summed E-state index contributed by atoms with van der Waals surface area (Å²) in [6, 6.07) is 58.5. The first-order chi connectivity index (χ1) is 26.2. The molecule has 260 valence electrons. The first kappa shape index (κ1) is 33.7. The maximum Gasteiger partial charge on any atom is 0.205 e. The third kappa shape index (κ3) is 6.82. The van der Waals surface area contributed by atoms with E-state index in [-0.39, 0.29) is 0 Å². The van der Waals surface area contributed by atoms with Crippen LogP contribution in [0.1, 0.15) is 51.7 Å². The zero-order valence-electron chi connectivity index (χ0n) is 29.6. The molecule has 0 saturated heterocycles. The van der Waals surface area contributed by atoms with E-state index < -0.39 is 5.54 Å². The van der Waals surface area contributed by atoms with Gasteiger partial charge in [-0.25, -0.2) is 0 Å². The Morgan fingerprint density at radius 1 is 0.585 bits per heavy atom. The lowest BCUT2D eigenvalue weighted by Crippen LogP contribution is -2.39. The van der Waals surface area contributed by atoms with Crippen LogP contribution in [0.2, 0.25) is 0 Å². The highest BCUT2D eigenvalue weighted by atomic mass is 16.5. The molecule has 7 nitrogen and oxygen atoms in total. The Morgan fingerprint density at radius 3 is 1.72 bits per heavy atom. The van der Waals surface area contributed by atoms with Crippen molar-refractivity contribution in [3.05, 3.63) is 215 Å². The van der Waals surface area contributed by atoms with E-state index in [9.17, 15) is 0 Å². The number of aromatic amines is 1. The van der Waals surface area contributed by atoms with Crippen LogP contribution in [0.25, 0.3) is 22.5 Å². The van der Waals surface area contributed by atoms with Gasteiger partial charge in [-0.1, -0.05) is 177 Å². The van der Waals surface area contributed by atoms with Crippen LogP contribution >= 0.6 is 0 Å². The Morgan fingerprint density at radius 2 is 1.13 bits per heavy atom. The minimum absolute atomic E-state index is 0.483. The van der Waals surface area contributed by atoms with E-state index in [4.69, 9.17) is 20.1 Å². The van der Waals surface area contributed by atoms with E-state index in [1.807, 2.05) is 42.5 Å². The second-order valence-corrected chi connectivity index (χ2v) is 13.1. The van der Waals surface area contributed by atoms with E-state index >= 15 is 0 Å². The predicted molar refractivity (Wildman–Crippen MR) is 209 cm³/mol. The van der Waals surface area contributed by atoms with Gasteiger partial charge in [-0.15, -0.1) is 15.0 Å². The standard InChI is InChI=1S/C46H40N6O/c1-2-43-42(44(48-47-43)33-53-32-35-17-7-3-8-18-35)31-34-27-29-36(30-28-34)40-25-15-16-26-41(40)45-49-51-52(50-45)46(37-19-9-4-10-20-37,38-21-11-5-12-22-38)39-23-13-6-14-24-39/h3-30H,2,31-33H2,1H3,(H,47,48). The first-order valence-corrected chi connectivity index (χ1v) is 18.1. The van der Waals surface area contributed by atoms with Gasteiger partial charge in [0, 0.05) is 17.5 Å². The molecule has 1 N–H and O–H groups in total. The third-order valence-corrected chi connectivity index (χ3v) is 9.83. The highest BCUT2D eigenvalue weighted by Gasteiger charge is 2.41. The van der Waals surface area contributed by atoms with E-state index in [1.54, 1.807) is 4.80 Å². The molecular formula is C46H40N6O. The van der Waals surface area contributed by atoms with Crippen LogP contribution in [0.4, 0.5) is 0 Å². The highest BCUT2D eigenvalue weighted by Crippen LogP contribution is 2.40. The van der Waals surface area contributed by atoms with Gasteiger partial charge in [-0.05, 0) is 50.6 Å². The average molecular weight is 693 g/mol.